The van der Waals surface area contributed by atoms with Gasteiger partial charge in [-0.3, -0.25) is 5.32 Å². The minimum atomic E-state index is -0.996. The van der Waals surface area contributed by atoms with E-state index in [0.29, 0.717) is 11.5 Å². The molecule has 0 fully saturated rings. The van der Waals surface area contributed by atoms with Crippen LogP contribution in [0.3, 0.4) is 0 Å². The lowest BCUT2D eigenvalue weighted by atomic mass is 10.1. The first kappa shape index (κ1) is 15.1. The quantitative estimate of drug-likeness (QED) is 0.226. The van der Waals surface area contributed by atoms with Gasteiger partial charge in [-0.25, -0.2) is 0 Å². The molecule has 7 heteroatoms. The number of hydrogen-bond donors (Lipinski definition) is 7. The molecule has 0 heterocycles. The van der Waals surface area contributed by atoms with Gasteiger partial charge < -0.3 is 21.5 Å². The predicted molar refractivity (Wildman–Crippen MR) is 77.3 cm³/mol. The summed E-state index contributed by atoms with van der Waals surface area (Å²) in [6.07, 6.45) is 1.15. The number of rotatable bonds is 8. The summed E-state index contributed by atoms with van der Waals surface area (Å²) in [5.41, 5.74) is 5.82. The predicted octanol–water partition coefficient (Wildman–Crippen LogP) is -1.13. The second kappa shape index (κ2) is 5.81. The highest BCUT2D eigenvalue weighted by Crippen LogP contribution is 2.34. The zero-order chi connectivity index (χ0) is 13.1. The molecule has 0 aromatic carbocycles. The average molecular weight is 278 g/mol. The molecule has 0 aromatic rings. The van der Waals surface area contributed by atoms with Crippen LogP contribution in [-0.2, 0) is 0 Å². The molecular formula is C10H22N4OS2. The zero-order valence-corrected chi connectivity index (χ0v) is 12.0. The van der Waals surface area contributed by atoms with E-state index < -0.39 is 11.9 Å². The molecule has 1 unspecified atom stereocenters. The van der Waals surface area contributed by atoms with E-state index in [1.807, 2.05) is 13.0 Å². The van der Waals surface area contributed by atoms with Crippen molar-refractivity contribution in [2.24, 2.45) is 5.73 Å². The number of aliphatic hydroxyl groups excluding tert-OH is 1. The Hall–Kier alpha value is 0.0800. The second-order valence-electron chi connectivity index (χ2n) is 4.23. The summed E-state index contributed by atoms with van der Waals surface area (Å²) in [5.74, 6) is 0.961. The molecule has 0 aromatic heterocycles. The number of likely N-dealkylation sites (N-methyl/N-ethyl adjacent to an activating group) is 2. The van der Waals surface area contributed by atoms with Gasteiger partial charge in [0.15, 0.2) is 0 Å². The maximum Gasteiger partial charge on any atom is 0.142 e. The van der Waals surface area contributed by atoms with Crippen LogP contribution in [0.25, 0.3) is 0 Å². The van der Waals surface area contributed by atoms with Crippen LogP contribution in [0.5, 0.6) is 0 Å². The second-order valence-corrected chi connectivity index (χ2v) is 4.86. The Labute approximate surface area is 113 Å². The first-order valence-corrected chi connectivity index (χ1v) is 6.87. The van der Waals surface area contributed by atoms with Crippen molar-refractivity contribution in [3.05, 3.63) is 11.8 Å². The molecule has 0 amide bonds. The van der Waals surface area contributed by atoms with Crippen molar-refractivity contribution in [3.8, 4) is 0 Å². The minimum absolute atomic E-state index is 0.209. The average Bonchev–Trinajstić information content (AvgIpc) is 3.01. The summed E-state index contributed by atoms with van der Waals surface area (Å²) in [7, 11) is 1.65. The van der Waals surface area contributed by atoms with E-state index in [0.717, 1.165) is 12.2 Å². The fourth-order valence-corrected chi connectivity index (χ4v) is 2.33. The first-order chi connectivity index (χ1) is 7.98. The summed E-state index contributed by atoms with van der Waals surface area (Å²) in [5, 5.41) is 19.0. The van der Waals surface area contributed by atoms with Crippen LogP contribution < -0.4 is 21.7 Å². The van der Waals surface area contributed by atoms with Gasteiger partial charge in [0.1, 0.15) is 11.9 Å². The normalized spacial score (nSPS) is 28.2. The largest absolute Gasteiger partial charge is 0.375 e. The Balaban J connectivity index is 2.63. The molecule has 1 aliphatic rings. The van der Waals surface area contributed by atoms with Gasteiger partial charge in [0, 0.05) is 17.2 Å². The molecular weight excluding hydrogens is 256 g/mol. The first-order valence-electron chi connectivity index (χ1n) is 5.60. The minimum Gasteiger partial charge on any atom is -0.375 e. The lowest BCUT2D eigenvalue weighted by Crippen LogP contribution is -2.67. The molecule has 0 saturated heterocycles. The number of aliphatic hydroxyl groups is 1. The van der Waals surface area contributed by atoms with Gasteiger partial charge in [-0.15, -0.1) is 0 Å². The Morgan fingerprint density at radius 3 is 2.65 bits per heavy atom. The van der Waals surface area contributed by atoms with Gasteiger partial charge >= 0.3 is 0 Å². The highest BCUT2D eigenvalue weighted by molar-refractivity contribution is 7.80. The molecule has 0 spiro atoms. The molecule has 0 radical (unpaired) electrons. The van der Waals surface area contributed by atoms with Gasteiger partial charge in [-0.05, 0) is 19.7 Å². The molecule has 5 nitrogen and oxygen atoms in total. The SMILES string of the molecule is CCN[C@]1(CS)C=C1N[C@](N)(CS)C(O)NC. The van der Waals surface area contributed by atoms with E-state index in [-0.39, 0.29) is 5.54 Å². The molecule has 0 aliphatic heterocycles. The van der Waals surface area contributed by atoms with Gasteiger partial charge in [-0.2, -0.15) is 25.3 Å². The Kier molecular flexibility index (Phi) is 5.18. The monoisotopic (exact) mass is 278 g/mol. The van der Waals surface area contributed by atoms with Crippen molar-refractivity contribution >= 4 is 25.3 Å². The molecule has 100 valence electrons. The van der Waals surface area contributed by atoms with E-state index in [1.54, 1.807) is 7.05 Å². The van der Waals surface area contributed by atoms with Gasteiger partial charge in [0.2, 0.25) is 0 Å². The molecule has 0 bridgehead atoms. The number of nitrogens with two attached hydrogens (primary N) is 1. The molecule has 17 heavy (non-hydrogen) atoms. The molecule has 3 atom stereocenters. The topological polar surface area (TPSA) is 82.3 Å². The third-order valence-electron chi connectivity index (χ3n) is 2.92. The Morgan fingerprint density at radius 1 is 1.59 bits per heavy atom. The third-order valence-corrected chi connectivity index (χ3v) is 3.94. The van der Waals surface area contributed by atoms with Crippen molar-refractivity contribution in [2.75, 3.05) is 25.1 Å². The summed E-state index contributed by atoms with van der Waals surface area (Å²) >= 11 is 8.50. The molecule has 0 saturated carbocycles. The zero-order valence-electron chi connectivity index (χ0n) is 10.2. The van der Waals surface area contributed by atoms with Crippen molar-refractivity contribution in [1.29, 1.82) is 0 Å². The lowest BCUT2D eigenvalue weighted by molar-refractivity contribution is 0.0593. The Morgan fingerprint density at radius 2 is 2.24 bits per heavy atom. The molecule has 1 rings (SSSR count). The fraction of sp³-hybridized carbons (Fsp3) is 0.800. The van der Waals surface area contributed by atoms with Crippen molar-refractivity contribution in [2.45, 2.75) is 24.4 Å². The Bertz CT molecular complexity index is 302. The van der Waals surface area contributed by atoms with Gasteiger partial charge in [0.25, 0.3) is 0 Å². The third kappa shape index (κ3) is 3.10. The van der Waals surface area contributed by atoms with Crippen molar-refractivity contribution < 1.29 is 5.11 Å². The molecule has 6 N–H and O–H groups in total. The van der Waals surface area contributed by atoms with E-state index in [4.69, 9.17) is 5.73 Å². The number of thiol groups is 2. The van der Waals surface area contributed by atoms with Crippen LogP contribution in [0.4, 0.5) is 0 Å². The van der Waals surface area contributed by atoms with Crippen molar-refractivity contribution in [1.82, 2.24) is 16.0 Å². The van der Waals surface area contributed by atoms with Crippen molar-refractivity contribution in [3.63, 3.8) is 0 Å². The molecule has 1 aliphatic carbocycles. The summed E-state index contributed by atoms with van der Waals surface area (Å²) in [6.45, 7) is 2.88. The van der Waals surface area contributed by atoms with E-state index in [1.165, 1.54) is 0 Å². The van der Waals surface area contributed by atoms with E-state index in [2.05, 4.69) is 41.2 Å². The van der Waals surface area contributed by atoms with E-state index in [9.17, 15) is 5.11 Å². The highest BCUT2D eigenvalue weighted by Gasteiger charge is 2.46. The standard InChI is InChI=1S/C10H22N4OS2/c1-3-13-9(5-16)4-7(9)14-10(11,6-17)8(15)12-2/h4,8,12-17H,3,5-6,11H2,1-2H3/t8?,9-,10+/m0/s1. The van der Waals surface area contributed by atoms with Crippen LogP contribution in [-0.4, -0.2) is 47.6 Å². The number of nitrogens with one attached hydrogen (secondary N) is 3. The van der Waals surface area contributed by atoms with Crippen LogP contribution in [0.1, 0.15) is 6.92 Å². The maximum absolute atomic E-state index is 9.81. The van der Waals surface area contributed by atoms with Crippen LogP contribution >= 0.6 is 25.3 Å². The van der Waals surface area contributed by atoms with Gasteiger partial charge in [0.05, 0.1) is 5.54 Å². The summed E-state index contributed by atoms with van der Waals surface area (Å²) in [4.78, 5) is 0. The summed E-state index contributed by atoms with van der Waals surface area (Å²) < 4.78 is 0. The maximum atomic E-state index is 9.81. The fourth-order valence-electron chi connectivity index (χ4n) is 1.71. The van der Waals surface area contributed by atoms with Crippen LogP contribution in [0, 0.1) is 0 Å². The summed E-state index contributed by atoms with van der Waals surface area (Å²) in [6, 6.07) is 0. The van der Waals surface area contributed by atoms with Crippen LogP contribution in [0.2, 0.25) is 0 Å². The van der Waals surface area contributed by atoms with E-state index >= 15 is 0 Å². The smallest absolute Gasteiger partial charge is 0.142 e. The van der Waals surface area contributed by atoms with Crippen LogP contribution in [0.15, 0.2) is 11.8 Å². The number of hydrogen-bond acceptors (Lipinski definition) is 7. The lowest BCUT2D eigenvalue weighted by Gasteiger charge is -2.35. The highest BCUT2D eigenvalue weighted by atomic mass is 32.1. The van der Waals surface area contributed by atoms with Gasteiger partial charge in [-0.1, -0.05) is 6.92 Å².